The molecular formula is C25H27FN4O3S. The third-order valence-electron chi connectivity index (χ3n) is 5.68. The molecule has 1 fully saturated rings. The Bertz CT molecular complexity index is 1160. The Hall–Kier alpha value is -3.14. The van der Waals surface area contributed by atoms with E-state index in [-0.39, 0.29) is 11.7 Å². The molecule has 1 aliphatic rings. The maximum Gasteiger partial charge on any atom is 0.252 e. The Kier molecular flexibility index (Phi) is 7.06. The normalized spacial score (nSPS) is 16.4. The summed E-state index contributed by atoms with van der Waals surface area (Å²) >= 11 is 1.38. The number of hydrogen-bond acceptors (Lipinski definition) is 6. The van der Waals surface area contributed by atoms with Crippen LogP contribution in [0.4, 0.5) is 9.52 Å². The quantitative estimate of drug-likeness (QED) is 0.478. The predicted octanol–water partition coefficient (Wildman–Crippen LogP) is 3.66. The van der Waals surface area contributed by atoms with Crippen LogP contribution >= 0.6 is 11.3 Å². The van der Waals surface area contributed by atoms with Crippen LogP contribution in [0.2, 0.25) is 0 Å². The number of thiazole rings is 1. The summed E-state index contributed by atoms with van der Waals surface area (Å²) < 4.78 is 13.1. The molecule has 1 unspecified atom stereocenters. The standard InChI is InChI=1S/C25H27FN4O3S/c1-25(2,29-22(32)17-8-10-18(26)11-9-17)23(33)28-24-27-21(16-6-4-3-5-7-16)20(34-24)15-30-13-12-19(31)14-30/h3-11,19,31H,12-15H2,1-2H3,(H,29,32)(H,27,28,33). The average molecular weight is 483 g/mol. The third kappa shape index (κ3) is 5.67. The van der Waals surface area contributed by atoms with Crippen LogP contribution in [-0.4, -0.2) is 51.5 Å². The molecule has 178 valence electrons. The first kappa shape index (κ1) is 24.0. The predicted molar refractivity (Wildman–Crippen MR) is 130 cm³/mol. The molecule has 7 nitrogen and oxygen atoms in total. The van der Waals surface area contributed by atoms with Crippen molar-refractivity contribution in [2.75, 3.05) is 18.4 Å². The van der Waals surface area contributed by atoms with Crippen LogP contribution in [0.1, 0.15) is 35.5 Å². The fourth-order valence-electron chi connectivity index (χ4n) is 3.76. The van der Waals surface area contributed by atoms with Gasteiger partial charge in [0.05, 0.1) is 11.8 Å². The summed E-state index contributed by atoms with van der Waals surface area (Å²) in [4.78, 5) is 33.4. The van der Waals surface area contributed by atoms with Crippen LogP contribution in [0.25, 0.3) is 11.3 Å². The molecule has 0 bridgehead atoms. The molecule has 9 heteroatoms. The van der Waals surface area contributed by atoms with Crippen molar-refractivity contribution in [2.24, 2.45) is 0 Å². The number of hydrogen-bond donors (Lipinski definition) is 3. The largest absolute Gasteiger partial charge is 0.392 e. The fourth-order valence-corrected chi connectivity index (χ4v) is 4.78. The van der Waals surface area contributed by atoms with Crippen molar-refractivity contribution in [1.82, 2.24) is 15.2 Å². The molecule has 34 heavy (non-hydrogen) atoms. The number of aliphatic hydroxyl groups is 1. The second kappa shape index (κ2) is 10.0. The molecule has 2 heterocycles. The molecule has 2 amide bonds. The molecule has 0 radical (unpaired) electrons. The Morgan fingerprint density at radius 2 is 1.88 bits per heavy atom. The second-order valence-corrected chi connectivity index (χ2v) is 9.96. The highest BCUT2D eigenvalue weighted by Gasteiger charge is 2.31. The summed E-state index contributed by atoms with van der Waals surface area (Å²) in [6, 6.07) is 14.9. The van der Waals surface area contributed by atoms with Gasteiger partial charge >= 0.3 is 0 Å². The fraction of sp³-hybridized carbons (Fsp3) is 0.320. The van der Waals surface area contributed by atoms with E-state index in [2.05, 4.69) is 20.5 Å². The summed E-state index contributed by atoms with van der Waals surface area (Å²) in [5, 5.41) is 15.8. The van der Waals surface area contributed by atoms with Crippen LogP contribution in [-0.2, 0) is 11.3 Å². The Balaban J connectivity index is 1.51. The summed E-state index contributed by atoms with van der Waals surface area (Å²) in [7, 11) is 0. The lowest BCUT2D eigenvalue weighted by Gasteiger charge is -2.24. The van der Waals surface area contributed by atoms with Crippen molar-refractivity contribution in [3.63, 3.8) is 0 Å². The lowest BCUT2D eigenvalue weighted by Crippen LogP contribution is -2.52. The van der Waals surface area contributed by atoms with E-state index in [1.165, 1.54) is 35.6 Å². The summed E-state index contributed by atoms with van der Waals surface area (Å²) in [5.41, 5.74) is 0.759. The monoisotopic (exact) mass is 482 g/mol. The highest BCUT2D eigenvalue weighted by Crippen LogP contribution is 2.33. The van der Waals surface area contributed by atoms with Crippen LogP contribution in [0, 0.1) is 5.82 Å². The molecule has 1 aliphatic heterocycles. The van der Waals surface area contributed by atoms with Gasteiger partial charge in [-0.15, -0.1) is 0 Å². The van der Waals surface area contributed by atoms with Gasteiger partial charge in [0.1, 0.15) is 11.4 Å². The first-order valence-electron chi connectivity index (χ1n) is 11.1. The van der Waals surface area contributed by atoms with E-state index in [0.717, 1.165) is 29.1 Å². The smallest absolute Gasteiger partial charge is 0.252 e. The Morgan fingerprint density at radius 1 is 1.18 bits per heavy atom. The minimum absolute atomic E-state index is 0.262. The molecule has 0 saturated carbocycles. The summed E-state index contributed by atoms with van der Waals surface area (Å²) in [5.74, 6) is -1.33. The van der Waals surface area contributed by atoms with Crippen molar-refractivity contribution in [1.29, 1.82) is 0 Å². The van der Waals surface area contributed by atoms with Gasteiger partial charge in [0.25, 0.3) is 11.8 Å². The van der Waals surface area contributed by atoms with Gasteiger partial charge in [0, 0.05) is 35.6 Å². The van der Waals surface area contributed by atoms with E-state index < -0.39 is 23.2 Å². The van der Waals surface area contributed by atoms with Crippen LogP contribution in [0.3, 0.4) is 0 Å². The summed E-state index contributed by atoms with van der Waals surface area (Å²) in [6.07, 6.45) is 0.420. The van der Waals surface area contributed by atoms with Gasteiger partial charge in [0.15, 0.2) is 5.13 Å². The topological polar surface area (TPSA) is 94.6 Å². The molecule has 2 aromatic carbocycles. The summed E-state index contributed by atoms with van der Waals surface area (Å²) in [6.45, 7) is 5.23. The molecule has 1 atom stereocenters. The first-order valence-corrected chi connectivity index (χ1v) is 11.9. The number of nitrogens with zero attached hydrogens (tertiary/aromatic N) is 2. The molecule has 3 aromatic rings. The number of nitrogens with one attached hydrogen (secondary N) is 2. The molecule has 3 N–H and O–H groups in total. The van der Waals surface area contributed by atoms with Crippen molar-refractivity contribution < 1.29 is 19.1 Å². The number of rotatable bonds is 7. The number of β-amino-alcohol motifs (C(OH)–C–C–N with tert-alkyl or cyclic N) is 1. The van der Waals surface area contributed by atoms with Crippen LogP contribution < -0.4 is 10.6 Å². The zero-order valence-corrected chi connectivity index (χ0v) is 19.9. The zero-order chi connectivity index (χ0) is 24.3. The number of carbonyl (C=O) groups excluding carboxylic acids is 2. The molecule has 0 aliphatic carbocycles. The maximum absolute atomic E-state index is 13.1. The van der Waals surface area contributed by atoms with Gasteiger partial charge in [-0.05, 0) is 44.5 Å². The highest BCUT2D eigenvalue weighted by molar-refractivity contribution is 7.16. The van der Waals surface area contributed by atoms with Gasteiger partial charge in [-0.2, -0.15) is 0 Å². The van der Waals surface area contributed by atoms with Gasteiger partial charge in [-0.25, -0.2) is 9.37 Å². The van der Waals surface area contributed by atoms with Gasteiger partial charge in [-0.1, -0.05) is 41.7 Å². The number of carbonyl (C=O) groups is 2. The minimum atomic E-state index is -1.23. The number of halogens is 1. The lowest BCUT2D eigenvalue weighted by molar-refractivity contribution is -0.120. The first-order chi connectivity index (χ1) is 16.2. The van der Waals surface area contributed by atoms with Gasteiger partial charge in [-0.3, -0.25) is 19.8 Å². The Morgan fingerprint density at radius 3 is 2.53 bits per heavy atom. The maximum atomic E-state index is 13.1. The van der Waals surface area contributed by atoms with E-state index in [1.54, 1.807) is 13.8 Å². The van der Waals surface area contributed by atoms with Crippen LogP contribution in [0.15, 0.2) is 54.6 Å². The van der Waals surface area contributed by atoms with Gasteiger partial charge in [0.2, 0.25) is 0 Å². The number of amides is 2. The molecular weight excluding hydrogens is 455 g/mol. The SMILES string of the molecule is CC(C)(NC(=O)c1ccc(F)cc1)C(=O)Nc1nc(-c2ccccc2)c(CN2CCC(O)C2)s1. The highest BCUT2D eigenvalue weighted by atomic mass is 32.1. The Labute approximate surface area is 201 Å². The van der Waals surface area contributed by atoms with E-state index in [1.807, 2.05) is 30.3 Å². The van der Waals surface area contributed by atoms with E-state index in [4.69, 9.17) is 0 Å². The van der Waals surface area contributed by atoms with E-state index in [0.29, 0.717) is 18.2 Å². The number of likely N-dealkylation sites (tertiary alicyclic amines) is 1. The zero-order valence-electron chi connectivity index (χ0n) is 19.0. The molecule has 4 rings (SSSR count). The van der Waals surface area contributed by atoms with Crippen molar-refractivity contribution >= 4 is 28.3 Å². The van der Waals surface area contributed by atoms with Crippen molar-refractivity contribution in [2.45, 2.75) is 38.5 Å². The third-order valence-corrected chi connectivity index (χ3v) is 6.64. The second-order valence-electron chi connectivity index (χ2n) is 8.87. The van der Waals surface area contributed by atoms with E-state index >= 15 is 0 Å². The molecule has 1 saturated heterocycles. The lowest BCUT2D eigenvalue weighted by atomic mass is 10.0. The minimum Gasteiger partial charge on any atom is -0.392 e. The van der Waals surface area contributed by atoms with Crippen molar-refractivity contribution in [3.8, 4) is 11.3 Å². The van der Waals surface area contributed by atoms with Crippen LogP contribution in [0.5, 0.6) is 0 Å². The molecule has 0 spiro atoms. The van der Waals surface area contributed by atoms with Gasteiger partial charge < -0.3 is 10.4 Å². The number of aromatic nitrogens is 1. The van der Waals surface area contributed by atoms with Crippen molar-refractivity contribution in [3.05, 3.63) is 70.9 Å². The van der Waals surface area contributed by atoms with E-state index in [9.17, 15) is 19.1 Å². The number of benzene rings is 2. The number of aliphatic hydroxyl groups excluding tert-OH is 1. The number of anilines is 1. The average Bonchev–Trinajstić information content (AvgIpc) is 3.40. The molecule has 1 aromatic heterocycles.